The van der Waals surface area contributed by atoms with Crippen molar-refractivity contribution in [3.05, 3.63) is 131 Å². The van der Waals surface area contributed by atoms with Crippen LogP contribution >= 0.6 is 22.9 Å². The van der Waals surface area contributed by atoms with Crippen molar-refractivity contribution in [2.75, 3.05) is 6.61 Å². The molecule has 0 spiro atoms. The largest absolute Gasteiger partial charge is 0.463 e. The van der Waals surface area contributed by atoms with Gasteiger partial charge in [0, 0.05) is 10.6 Å². The lowest BCUT2D eigenvalue weighted by molar-refractivity contribution is -0.138. The predicted octanol–water partition coefficient (Wildman–Crippen LogP) is 5.71. The van der Waals surface area contributed by atoms with Crippen LogP contribution in [-0.4, -0.2) is 17.1 Å². The highest BCUT2D eigenvalue weighted by Gasteiger charge is 2.35. The van der Waals surface area contributed by atoms with Crippen molar-refractivity contribution in [2.45, 2.75) is 32.7 Å². The van der Waals surface area contributed by atoms with Crippen LogP contribution in [0.1, 0.15) is 55.0 Å². The summed E-state index contributed by atoms with van der Waals surface area (Å²) in [6, 6.07) is 24.3. The summed E-state index contributed by atoms with van der Waals surface area (Å²) < 4.78 is 7.62. The molecule has 1 aliphatic heterocycles. The predicted molar refractivity (Wildman–Crippen MR) is 153 cm³/mol. The van der Waals surface area contributed by atoms with E-state index in [4.69, 9.17) is 21.3 Å². The van der Waals surface area contributed by atoms with Gasteiger partial charge in [-0.25, -0.2) is 9.79 Å². The monoisotopic (exact) mass is 542 g/mol. The van der Waals surface area contributed by atoms with Crippen molar-refractivity contribution in [1.82, 2.24) is 4.57 Å². The molecular formula is C31H27ClN2O3S. The maximum atomic E-state index is 13.9. The number of hydrogen-bond donors (Lipinski definition) is 0. The molecule has 1 atom stereocenters. The summed E-state index contributed by atoms with van der Waals surface area (Å²) in [4.78, 5) is 32.8. The van der Waals surface area contributed by atoms with Crippen LogP contribution in [0.25, 0.3) is 11.8 Å². The zero-order chi connectivity index (χ0) is 26.8. The van der Waals surface area contributed by atoms with Crippen LogP contribution in [0.4, 0.5) is 0 Å². The second-order valence-corrected chi connectivity index (χ2v) is 10.7. The molecule has 5 nitrogen and oxygen atoms in total. The number of thiazole rings is 1. The molecular weight excluding hydrogens is 516 g/mol. The molecule has 0 saturated carbocycles. The number of fused-ring (bicyclic) bond motifs is 1. The van der Waals surface area contributed by atoms with Crippen LogP contribution in [0.3, 0.4) is 0 Å². The van der Waals surface area contributed by atoms with E-state index in [0.29, 0.717) is 31.5 Å². The van der Waals surface area contributed by atoms with Gasteiger partial charge in [-0.05, 0) is 41.7 Å². The molecule has 0 fully saturated rings. The first-order valence-corrected chi connectivity index (χ1v) is 13.7. The van der Waals surface area contributed by atoms with Gasteiger partial charge in [-0.15, -0.1) is 0 Å². The lowest BCUT2D eigenvalue weighted by Gasteiger charge is -2.26. The zero-order valence-corrected chi connectivity index (χ0v) is 22.9. The molecule has 0 N–H and O–H groups in total. The summed E-state index contributed by atoms with van der Waals surface area (Å²) in [5.41, 5.74) is 4.12. The summed E-state index contributed by atoms with van der Waals surface area (Å²) in [5, 5.41) is 0.552. The highest BCUT2D eigenvalue weighted by Crippen LogP contribution is 2.35. The lowest BCUT2D eigenvalue weighted by atomic mass is 9.91. The second kappa shape index (κ2) is 10.9. The first kappa shape index (κ1) is 25.9. The van der Waals surface area contributed by atoms with Crippen LogP contribution in [0.2, 0.25) is 5.02 Å². The average molecular weight is 543 g/mol. The molecule has 0 saturated heterocycles. The van der Waals surface area contributed by atoms with Gasteiger partial charge in [0.05, 0.1) is 28.5 Å². The first-order valence-electron chi connectivity index (χ1n) is 12.5. The van der Waals surface area contributed by atoms with Gasteiger partial charge in [-0.2, -0.15) is 0 Å². The van der Waals surface area contributed by atoms with Crippen LogP contribution in [0.15, 0.2) is 94.2 Å². The lowest BCUT2D eigenvalue weighted by Crippen LogP contribution is -2.40. The van der Waals surface area contributed by atoms with Crippen molar-refractivity contribution in [3.63, 3.8) is 0 Å². The minimum Gasteiger partial charge on any atom is -0.463 e. The van der Waals surface area contributed by atoms with Gasteiger partial charge in [0.25, 0.3) is 5.56 Å². The highest BCUT2D eigenvalue weighted by molar-refractivity contribution is 7.07. The number of ether oxygens (including phenoxy) is 1. The number of rotatable bonds is 6. The third-order valence-corrected chi connectivity index (χ3v) is 7.81. The molecule has 192 valence electrons. The van der Waals surface area contributed by atoms with Gasteiger partial charge >= 0.3 is 5.97 Å². The minimum absolute atomic E-state index is 0.209. The van der Waals surface area contributed by atoms with Gasteiger partial charge in [-0.3, -0.25) is 9.36 Å². The molecule has 1 aromatic heterocycles. The molecule has 3 aromatic carbocycles. The van der Waals surface area contributed by atoms with Gasteiger partial charge in [0.1, 0.15) is 0 Å². The fourth-order valence-electron chi connectivity index (χ4n) is 4.55. The Kier molecular flexibility index (Phi) is 7.45. The van der Waals surface area contributed by atoms with Crippen molar-refractivity contribution in [3.8, 4) is 0 Å². The Morgan fingerprint density at radius 3 is 2.39 bits per heavy atom. The Morgan fingerprint density at radius 2 is 1.74 bits per heavy atom. The number of hydrogen-bond acceptors (Lipinski definition) is 5. The summed E-state index contributed by atoms with van der Waals surface area (Å²) in [7, 11) is 0. The summed E-state index contributed by atoms with van der Waals surface area (Å²) in [6.45, 7) is 6.24. The Bertz CT molecular complexity index is 1700. The summed E-state index contributed by atoms with van der Waals surface area (Å²) >= 11 is 7.67. The number of halogens is 1. The Hall–Kier alpha value is -3.74. The van der Waals surface area contributed by atoms with E-state index in [1.807, 2.05) is 72.8 Å². The number of esters is 1. The topological polar surface area (TPSA) is 60.7 Å². The Labute approximate surface area is 230 Å². The van der Waals surface area contributed by atoms with E-state index < -0.39 is 12.0 Å². The molecule has 4 aromatic rings. The van der Waals surface area contributed by atoms with E-state index in [1.54, 1.807) is 23.6 Å². The first-order chi connectivity index (χ1) is 18.4. The Morgan fingerprint density at radius 1 is 1.05 bits per heavy atom. The third-order valence-electron chi connectivity index (χ3n) is 6.48. The third kappa shape index (κ3) is 4.89. The standard InChI is InChI=1S/C31H27ClN2O3S/c1-4-37-30(36)26-27(21-10-6-5-7-11-21)33-31-34(28(26)22-16-14-20(15-17-22)19(2)3)29(35)25(38-31)18-23-12-8-9-13-24(23)32/h5-19,28H,4H2,1-3H3/b25-18+/t28-/m1/s1. The SMILES string of the molecule is CCOC(=O)C1=C(c2ccccc2)N=c2s/c(=C/c3ccccc3Cl)c(=O)n2[C@@H]1c1ccc(C(C)C)cc1. The van der Waals surface area contributed by atoms with Gasteiger partial charge in [0.2, 0.25) is 0 Å². The van der Waals surface area contributed by atoms with E-state index >= 15 is 0 Å². The van der Waals surface area contributed by atoms with E-state index in [1.165, 1.54) is 16.9 Å². The molecule has 0 bridgehead atoms. The van der Waals surface area contributed by atoms with Crippen LogP contribution in [-0.2, 0) is 9.53 Å². The number of benzene rings is 3. The second-order valence-electron chi connectivity index (χ2n) is 9.27. The molecule has 0 amide bonds. The van der Waals surface area contributed by atoms with Crippen LogP contribution in [0, 0.1) is 0 Å². The molecule has 7 heteroatoms. The molecule has 0 unspecified atom stereocenters. The molecule has 1 aliphatic rings. The van der Waals surface area contributed by atoms with E-state index in [-0.39, 0.29) is 12.2 Å². The number of nitrogens with zero attached hydrogens (tertiary/aromatic N) is 2. The number of aromatic nitrogens is 1. The van der Waals surface area contributed by atoms with Gasteiger partial charge < -0.3 is 4.74 Å². The quantitative estimate of drug-likeness (QED) is 0.293. The van der Waals surface area contributed by atoms with E-state index in [2.05, 4.69) is 13.8 Å². The van der Waals surface area contributed by atoms with Crippen molar-refractivity contribution < 1.29 is 9.53 Å². The number of carbonyl (C=O) groups is 1. The molecule has 2 heterocycles. The van der Waals surface area contributed by atoms with Crippen molar-refractivity contribution >= 4 is 40.7 Å². The maximum absolute atomic E-state index is 13.9. The Balaban J connectivity index is 1.83. The molecule has 0 aliphatic carbocycles. The van der Waals surface area contributed by atoms with E-state index in [9.17, 15) is 9.59 Å². The average Bonchev–Trinajstić information content (AvgIpc) is 3.24. The summed E-state index contributed by atoms with van der Waals surface area (Å²) in [5.74, 6) is -0.143. The number of carbonyl (C=O) groups excluding carboxylic acids is 1. The van der Waals surface area contributed by atoms with Gasteiger partial charge in [0.15, 0.2) is 4.80 Å². The zero-order valence-electron chi connectivity index (χ0n) is 21.4. The fraction of sp³-hybridized carbons (Fsp3) is 0.194. The van der Waals surface area contributed by atoms with Crippen LogP contribution < -0.4 is 14.9 Å². The maximum Gasteiger partial charge on any atom is 0.338 e. The fourth-order valence-corrected chi connectivity index (χ4v) is 5.73. The van der Waals surface area contributed by atoms with Crippen LogP contribution in [0.5, 0.6) is 0 Å². The molecule has 0 radical (unpaired) electrons. The highest BCUT2D eigenvalue weighted by atomic mass is 35.5. The summed E-state index contributed by atoms with van der Waals surface area (Å²) in [6.07, 6.45) is 1.78. The normalized spacial score (nSPS) is 15.4. The molecule has 5 rings (SSSR count). The van der Waals surface area contributed by atoms with E-state index in [0.717, 1.165) is 16.7 Å². The van der Waals surface area contributed by atoms with Crippen molar-refractivity contribution in [1.29, 1.82) is 0 Å². The minimum atomic E-state index is -0.699. The molecule has 38 heavy (non-hydrogen) atoms. The van der Waals surface area contributed by atoms with Crippen molar-refractivity contribution in [2.24, 2.45) is 4.99 Å². The van der Waals surface area contributed by atoms with Gasteiger partial charge in [-0.1, -0.05) is 110 Å². The smallest absolute Gasteiger partial charge is 0.338 e.